The first-order valence-electron chi connectivity index (χ1n) is 11.2. The average Bonchev–Trinajstić information content (AvgIpc) is 3.34. The summed E-state index contributed by atoms with van der Waals surface area (Å²) in [4.78, 5) is 4.92. The van der Waals surface area contributed by atoms with Gasteiger partial charge in [-0.15, -0.1) is 0 Å². The van der Waals surface area contributed by atoms with Crippen LogP contribution in [0.5, 0.6) is 0 Å². The van der Waals surface area contributed by atoms with Crippen molar-refractivity contribution in [2.45, 2.75) is 69.6 Å². The minimum atomic E-state index is 0.263. The number of furan rings is 1. The molecule has 6 heteroatoms. The van der Waals surface area contributed by atoms with Crippen LogP contribution in [0.1, 0.15) is 50.7 Å². The van der Waals surface area contributed by atoms with Crippen LogP contribution in [0.2, 0.25) is 0 Å². The molecule has 154 valence electrons. The molecule has 4 aliphatic rings. The molecule has 2 aliphatic carbocycles. The molecule has 0 radical (unpaired) electrons. The molecule has 2 aliphatic heterocycles. The van der Waals surface area contributed by atoms with Crippen LogP contribution in [0.15, 0.2) is 27.8 Å². The van der Waals surface area contributed by atoms with Gasteiger partial charge in [-0.1, -0.05) is 6.42 Å². The van der Waals surface area contributed by atoms with E-state index in [1.165, 1.54) is 38.5 Å². The summed E-state index contributed by atoms with van der Waals surface area (Å²) in [5.41, 5.74) is 0.353. The quantitative estimate of drug-likeness (QED) is 0.580. The van der Waals surface area contributed by atoms with Gasteiger partial charge in [0.15, 0.2) is 5.96 Å². The van der Waals surface area contributed by atoms with E-state index in [2.05, 4.69) is 10.6 Å². The van der Waals surface area contributed by atoms with Crippen LogP contribution in [-0.4, -0.2) is 50.5 Å². The number of hydrogen-bond donors (Lipinski definition) is 2. The van der Waals surface area contributed by atoms with E-state index in [0.717, 1.165) is 50.9 Å². The molecular formula is C22H33N3O3. The second kappa shape index (κ2) is 8.07. The van der Waals surface area contributed by atoms with Gasteiger partial charge in [-0.2, -0.15) is 0 Å². The highest BCUT2D eigenvalue weighted by atomic mass is 16.5. The van der Waals surface area contributed by atoms with Crippen LogP contribution in [0.25, 0.3) is 0 Å². The van der Waals surface area contributed by atoms with Gasteiger partial charge < -0.3 is 24.5 Å². The molecule has 4 atom stereocenters. The zero-order chi connectivity index (χ0) is 18.8. The van der Waals surface area contributed by atoms with Crippen molar-refractivity contribution >= 4 is 5.96 Å². The van der Waals surface area contributed by atoms with Gasteiger partial charge in [-0.3, -0.25) is 4.99 Å². The summed E-state index contributed by atoms with van der Waals surface area (Å²) in [6.07, 6.45) is 12.0. The normalized spacial score (nSPS) is 33.8. The van der Waals surface area contributed by atoms with Crippen molar-refractivity contribution in [1.29, 1.82) is 0 Å². The van der Waals surface area contributed by atoms with Crippen LogP contribution >= 0.6 is 0 Å². The second-order valence-electron chi connectivity index (χ2n) is 8.89. The summed E-state index contributed by atoms with van der Waals surface area (Å²) in [7, 11) is 0. The van der Waals surface area contributed by atoms with E-state index in [1.54, 1.807) is 6.26 Å². The summed E-state index contributed by atoms with van der Waals surface area (Å²) < 4.78 is 17.4. The number of nitrogens with zero attached hydrogens (tertiary/aromatic N) is 1. The first-order chi connectivity index (χ1) is 13.9. The maximum absolute atomic E-state index is 6.07. The predicted octanol–water partition coefficient (Wildman–Crippen LogP) is 2.88. The summed E-state index contributed by atoms with van der Waals surface area (Å²) in [6.45, 7) is 3.35. The Morgan fingerprint density at radius 2 is 2.11 bits per heavy atom. The van der Waals surface area contributed by atoms with Gasteiger partial charge in [0, 0.05) is 43.6 Å². The van der Waals surface area contributed by atoms with Crippen LogP contribution < -0.4 is 10.6 Å². The van der Waals surface area contributed by atoms with Crippen LogP contribution in [0.3, 0.4) is 0 Å². The van der Waals surface area contributed by atoms with E-state index >= 15 is 0 Å². The number of aliphatic imine (C=N–C) groups is 1. The molecule has 2 saturated heterocycles. The monoisotopic (exact) mass is 387 g/mol. The van der Waals surface area contributed by atoms with Crippen LogP contribution in [-0.2, 0) is 15.9 Å². The van der Waals surface area contributed by atoms with Gasteiger partial charge in [-0.05, 0) is 50.7 Å². The lowest BCUT2D eigenvalue weighted by atomic mass is 9.46. The lowest BCUT2D eigenvalue weighted by molar-refractivity contribution is -0.171. The molecule has 6 nitrogen and oxygen atoms in total. The maximum atomic E-state index is 6.07. The van der Waals surface area contributed by atoms with Crippen molar-refractivity contribution in [2.24, 2.45) is 16.3 Å². The molecule has 1 spiro atoms. The Kier molecular flexibility index (Phi) is 5.33. The second-order valence-corrected chi connectivity index (χ2v) is 8.89. The van der Waals surface area contributed by atoms with Crippen molar-refractivity contribution in [1.82, 2.24) is 10.6 Å². The molecule has 0 aromatic carbocycles. The van der Waals surface area contributed by atoms with Crippen LogP contribution in [0, 0.1) is 11.3 Å². The highest BCUT2D eigenvalue weighted by Gasteiger charge is 2.66. The highest BCUT2D eigenvalue weighted by molar-refractivity contribution is 5.80. The third kappa shape index (κ3) is 3.45. The molecule has 28 heavy (non-hydrogen) atoms. The van der Waals surface area contributed by atoms with E-state index in [0.29, 0.717) is 23.5 Å². The molecule has 3 heterocycles. The third-order valence-electron chi connectivity index (χ3n) is 7.30. The Balaban J connectivity index is 1.23. The van der Waals surface area contributed by atoms with Gasteiger partial charge in [0.1, 0.15) is 5.76 Å². The lowest BCUT2D eigenvalue weighted by Gasteiger charge is -2.63. The summed E-state index contributed by atoms with van der Waals surface area (Å²) in [5, 5.41) is 7.36. The summed E-state index contributed by atoms with van der Waals surface area (Å²) >= 11 is 0. The Labute approximate surface area is 167 Å². The van der Waals surface area contributed by atoms with Crippen molar-refractivity contribution in [2.75, 3.05) is 26.3 Å². The average molecular weight is 388 g/mol. The van der Waals surface area contributed by atoms with Crippen molar-refractivity contribution < 1.29 is 13.9 Å². The van der Waals surface area contributed by atoms with Gasteiger partial charge in [0.25, 0.3) is 0 Å². The highest BCUT2D eigenvalue weighted by Crippen LogP contribution is 2.62. The topological polar surface area (TPSA) is 68.0 Å². The first kappa shape index (κ1) is 18.5. The number of fused-ring (bicyclic) bond motifs is 2. The van der Waals surface area contributed by atoms with Gasteiger partial charge in [0.05, 0.1) is 25.0 Å². The van der Waals surface area contributed by atoms with E-state index in [-0.39, 0.29) is 6.10 Å². The fraction of sp³-hybridized carbons (Fsp3) is 0.773. The van der Waals surface area contributed by atoms with Crippen molar-refractivity contribution in [3.63, 3.8) is 0 Å². The molecule has 0 amide bonds. The molecule has 5 rings (SSSR count). The molecule has 0 bridgehead atoms. The number of ether oxygens (including phenoxy) is 2. The molecule has 4 unspecified atom stereocenters. The first-order valence-corrected chi connectivity index (χ1v) is 11.2. The van der Waals surface area contributed by atoms with Gasteiger partial charge in [-0.25, -0.2) is 0 Å². The minimum Gasteiger partial charge on any atom is -0.469 e. The fourth-order valence-corrected chi connectivity index (χ4v) is 5.66. The number of guanidine groups is 1. The Morgan fingerprint density at radius 1 is 1.14 bits per heavy atom. The SMILES string of the molecule is c1coc(CCNC(=NCC2CCCCO2)NC2C3CCOC3C23CCC3)c1. The van der Waals surface area contributed by atoms with E-state index in [4.69, 9.17) is 18.9 Å². The standard InChI is InChI=1S/C22H33N3O3/c1-2-12-27-17(5-1)15-24-21(23-11-7-16-6-3-13-26-16)25-19-18-8-14-28-20(18)22(19)9-4-10-22/h3,6,13,17-20H,1-2,4-5,7-12,14-15H2,(H2,23,24,25). The third-order valence-corrected chi connectivity index (χ3v) is 7.30. The van der Waals surface area contributed by atoms with E-state index in [9.17, 15) is 0 Å². The zero-order valence-corrected chi connectivity index (χ0v) is 16.7. The largest absolute Gasteiger partial charge is 0.469 e. The number of nitrogens with one attached hydrogen (secondary N) is 2. The van der Waals surface area contributed by atoms with Crippen LogP contribution in [0.4, 0.5) is 0 Å². The molecule has 2 N–H and O–H groups in total. The molecule has 2 saturated carbocycles. The molecular weight excluding hydrogens is 354 g/mol. The fourth-order valence-electron chi connectivity index (χ4n) is 5.66. The van der Waals surface area contributed by atoms with Gasteiger partial charge in [0.2, 0.25) is 0 Å². The zero-order valence-electron chi connectivity index (χ0n) is 16.7. The van der Waals surface area contributed by atoms with Crippen molar-refractivity contribution in [3.8, 4) is 0 Å². The maximum Gasteiger partial charge on any atom is 0.191 e. The van der Waals surface area contributed by atoms with Crippen molar-refractivity contribution in [3.05, 3.63) is 24.2 Å². The Hall–Kier alpha value is -1.53. The Bertz CT molecular complexity index is 665. The number of hydrogen-bond acceptors (Lipinski definition) is 4. The van der Waals surface area contributed by atoms with E-state index < -0.39 is 0 Å². The smallest absolute Gasteiger partial charge is 0.191 e. The predicted molar refractivity (Wildman–Crippen MR) is 107 cm³/mol. The van der Waals surface area contributed by atoms with Gasteiger partial charge >= 0.3 is 0 Å². The van der Waals surface area contributed by atoms with E-state index in [1.807, 2.05) is 12.1 Å². The molecule has 4 fully saturated rings. The Morgan fingerprint density at radius 3 is 2.86 bits per heavy atom. The number of rotatable bonds is 6. The summed E-state index contributed by atoms with van der Waals surface area (Å²) in [6, 6.07) is 4.46. The molecule has 1 aromatic heterocycles. The summed E-state index contributed by atoms with van der Waals surface area (Å²) in [5.74, 6) is 2.58. The lowest BCUT2D eigenvalue weighted by Crippen LogP contribution is -2.72. The minimum absolute atomic E-state index is 0.263. The molecule has 1 aromatic rings.